The van der Waals surface area contributed by atoms with Gasteiger partial charge in [0.15, 0.2) is 0 Å². The zero-order valence-corrected chi connectivity index (χ0v) is 23.7. The number of nitrogens with one attached hydrogen (secondary N) is 4. The van der Waals surface area contributed by atoms with Crippen molar-refractivity contribution in [3.63, 3.8) is 0 Å². The molecular weight excluding hydrogens is 526 g/mol. The van der Waals surface area contributed by atoms with E-state index >= 15 is 0 Å². The van der Waals surface area contributed by atoms with Crippen LogP contribution in [0.15, 0.2) is 5.11 Å². The van der Waals surface area contributed by atoms with E-state index in [4.69, 9.17) is 19.7 Å². The van der Waals surface area contributed by atoms with E-state index in [-0.39, 0.29) is 29.9 Å². The van der Waals surface area contributed by atoms with Crippen LogP contribution in [-0.4, -0.2) is 100 Å². The predicted molar refractivity (Wildman–Crippen MR) is 150 cm³/mol. The number of fused-ring (bicyclic) bond motifs is 1. The lowest BCUT2D eigenvalue weighted by atomic mass is 10.0. The van der Waals surface area contributed by atoms with E-state index < -0.39 is 0 Å². The van der Waals surface area contributed by atoms with E-state index in [1.165, 1.54) is 0 Å². The highest BCUT2D eigenvalue weighted by Gasteiger charge is 2.42. The number of azide groups is 1. The van der Waals surface area contributed by atoms with Crippen LogP contribution in [0, 0.1) is 0 Å². The second-order valence-corrected chi connectivity index (χ2v) is 10.8. The van der Waals surface area contributed by atoms with Crippen LogP contribution >= 0.6 is 11.8 Å². The number of rotatable bonds is 24. The summed E-state index contributed by atoms with van der Waals surface area (Å²) in [5.41, 5.74) is 8.18. The molecule has 2 aliphatic rings. The number of urea groups is 1. The van der Waals surface area contributed by atoms with Gasteiger partial charge in [0.2, 0.25) is 11.8 Å². The maximum Gasteiger partial charge on any atom is 0.315 e. The Hall–Kier alpha value is -2.25. The van der Waals surface area contributed by atoms with Crippen molar-refractivity contribution in [3.05, 3.63) is 10.4 Å². The van der Waals surface area contributed by atoms with Crippen LogP contribution in [0.3, 0.4) is 0 Å². The Morgan fingerprint density at radius 1 is 0.872 bits per heavy atom. The molecule has 0 radical (unpaired) electrons. The Labute approximate surface area is 235 Å². The van der Waals surface area contributed by atoms with E-state index in [1.807, 2.05) is 11.8 Å². The number of carbonyl (C=O) groups excluding carboxylic acids is 3. The van der Waals surface area contributed by atoms with Crippen LogP contribution < -0.4 is 21.3 Å². The maximum atomic E-state index is 12.0. The molecule has 222 valence electrons. The van der Waals surface area contributed by atoms with Gasteiger partial charge in [0.25, 0.3) is 0 Å². The minimum Gasteiger partial charge on any atom is -0.379 e. The molecule has 0 unspecified atom stereocenters. The Kier molecular flexibility index (Phi) is 18.2. The van der Waals surface area contributed by atoms with Crippen molar-refractivity contribution < 1.29 is 28.6 Å². The van der Waals surface area contributed by atoms with Gasteiger partial charge in [-0.3, -0.25) is 9.59 Å². The zero-order chi connectivity index (χ0) is 28.0. The Morgan fingerprint density at radius 3 is 2.08 bits per heavy atom. The third-order valence-corrected chi connectivity index (χ3v) is 7.88. The first kappa shape index (κ1) is 33.0. The van der Waals surface area contributed by atoms with Gasteiger partial charge < -0.3 is 35.5 Å². The Bertz CT molecular complexity index is 771. The summed E-state index contributed by atoms with van der Waals surface area (Å²) in [6.07, 6.45) is 6.76. The first-order valence-electron chi connectivity index (χ1n) is 14.1. The lowest BCUT2D eigenvalue weighted by Crippen LogP contribution is -2.36. The molecule has 2 aliphatic heterocycles. The number of hydrogen-bond acceptors (Lipinski definition) is 8. The third kappa shape index (κ3) is 15.8. The molecule has 0 spiro atoms. The van der Waals surface area contributed by atoms with Gasteiger partial charge >= 0.3 is 6.03 Å². The summed E-state index contributed by atoms with van der Waals surface area (Å²) in [6.45, 7) is 4.71. The van der Waals surface area contributed by atoms with Crippen LogP contribution in [-0.2, 0) is 23.8 Å². The van der Waals surface area contributed by atoms with Crippen molar-refractivity contribution in [1.82, 2.24) is 21.3 Å². The Morgan fingerprint density at radius 2 is 1.46 bits per heavy atom. The van der Waals surface area contributed by atoms with Crippen LogP contribution in [0.25, 0.3) is 10.4 Å². The molecule has 2 fully saturated rings. The Balaban J connectivity index is 1.25. The fourth-order valence-electron chi connectivity index (χ4n) is 4.31. The fourth-order valence-corrected chi connectivity index (χ4v) is 5.85. The number of unbranched alkanes of at least 4 members (excludes halogenated alkanes) is 2. The molecule has 0 saturated carbocycles. The topological polar surface area (TPSA) is 176 Å². The highest BCUT2D eigenvalue weighted by molar-refractivity contribution is 8.00. The second-order valence-electron chi connectivity index (χ2n) is 9.52. The largest absolute Gasteiger partial charge is 0.379 e. The summed E-state index contributed by atoms with van der Waals surface area (Å²) in [5, 5.41) is 15.6. The fraction of sp³-hybridized carbons (Fsp3) is 0.880. The molecule has 0 aromatic carbocycles. The molecule has 0 aromatic heterocycles. The minimum absolute atomic E-state index is 0.00451. The summed E-state index contributed by atoms with van der Waals surface area (Å²) in [6, 6.07) is 0.423. The predicted octanol–water partition coefficient (Wildman–Crippen LogP) is 2.26. The van der Waals surface area contributed by atoms with Gasteiger partial charge in [0.1, 0.15) is 0 Å². The summed E-state index contributed by atoms with van der Waals surface area (Å²) < 4.78 is 16.5. The number of carbonyl (C=O) groups is 3. The van der Waals surface area contributed by atoms with Crippen LogP contribution in [0.5, 0.6) is 0 Å². The van der Waals surface area contributed by atoms with E-state index in [2.05, 4.69) is 31.3 Å². The second kappa shape index (κ2) is 21.6. The molecule has 3 atom stereocenters. The van der Waals surface area contributed by atoms with Crippen molar-refractivity contribution in [1.29, 1.82) is 0 Å². The van der Waals surface area contributed by atoms with Crippen LogP contribution in [0.1, 0.15) is 57.8 Å². The van der Waals surface area contributed by atoms with Crippen molar-refractivity contribution in [3.8, 4) is 0 Å². The van der Waals surface area contributed by atoms with E-state index in [0.29, 0.717) is 90.2 Å². The minimum atomic E-state index is -0.0579. The molecule has 4 N–H and O–H groups in total. The first-order valence-corrected chi connectivity index (χ1v) is 15.1. The molecule has 2 rings (SSSR count). The monoisotopic (exact) mass is 571 g/mol. The average molecular weight is 572 g/mol. The molecule has 0 aromatic rings. The SMILES string of the molecule is [N-]=[N+]=NCCCCC(=O)NCCCOCCOCCOCCCNC(=O)CCCC[C@@H]1SC[C@@H]2NC(=O)N[C@@H]21. The van der Waals surface area contributed by atoms with Crippen LogP contribution in [0.2, 0.25) is 0 Å². The molecule has 2 heterocycles. The van der Waals surface area contributed by atoms with Crippen molar-refractivity contribution >= 4 is 29.6 Å². The molecule has 0 bridgehead atoms. The molecule has 39 heavy (non-hydrogen) atoms. The van der Waals surface area contributed by atoms with Crippen molar-refractivity contribution in [2.24, 2.45) is 5.11 Å². The molecular formula is C25H45N7O6S. The number of nitrogens with zero attached hydrogens (tertiary/aromatic N) is 3. The molecule has 14 heteroatoms. The molecule has 0 aliphatic carbocycles. The lowest BCUT2D eigenvalue weighted by molar-refractivity contribution is -0.122. The van der Waals surface area contributed by atoms with Gasteiger partial charge in [-0.25, -0.2) is 4.79 Å². The van der Waals surface area contributed by atoms with Gasteiger partial charge in [0.05, 0.1) is 38.5 Å². The van der Waals surface area contributed by atoms with E-state index in [9.17, 15) is 14.4 Å². The van der Waals surface area contributed by atoms with Gasteiger partial charge in [-0.1, -0.05) is 11.5 Å². The summed E-state index contributed by atoms with van der Waals surface area (Å²) >= 11 is 1.90. The maximum absolute atomic E-state index is 12.0. The highest BCUT2D eigenvalue weighted by atomic mass is 32.2. The van der Waals surface area contributed by atoms with Gasteiger partial charge in [0, 0.05) is 61.6 Å². The summed E-state index contributed by atoms with van der Waals surface area (Å²) in [4.78, 5) is 37.7. The summed E-state index contributed by atoms with van der Waals surface area (Å²) in [7, 11) is 0. The molecule has 13 nitrogen and oxygen atoms in total. The van der Waals surface area contributed by atoms with E-state index in [0.717, 1.165) is 37.9 Å². The van der Waals surface area contributed by atoms with Crippen LogP contribution in [0.4, 0.5) is 4.79 Å². The lowest BCUT2D eigenvalue weighted by Gasteiger charge is -2.16. The van der Waals surface area contributed by atoms with E-state index in [1.54, 1.807) is 0 Å². The van der Waals surface area contributed by atoms with Gasteiger partial charge in [-0.15, -0.1) is 0 Å². The molecule has 2 saturated heterocycles. The number of ether oxygens (including phenoxy) is 3. The van der Waals surface area contributed by atoms with Gasteiger partial charge in [-0.05, 0) is 44.1 Å². The standard InChI is InChI=1S/C25H45N7O6S/c26-32-29-12-4-3-9-23(34)28-11-6-14-37-16-18-38-17-15-36-13-5-10-27-22(33)8-2-1-7-21-24-20(19-39-21)30-25(35)31-24/h20-21,24H,1-19H2,(H,27,33)(H,28,34)(H2,30,31,35)/t20-,21-,24-/m0/s1. The average Bonchev–Trinajstić information content (AvgIpc) is 3.47. The normalized spacial score (nSPS) is 19.6. The highest BCUT2D eigenvalue weighted by Crippen LogP contribution is 2.33. The smallest absolute Gasteiger partial charge is 0.315 e. The third-order valence-electron chi connectivity index (χ3n) is 6.38. The number of thioether (sulfide) groups is 1. The van der Waals surface area contributed by atoms with Crippen molar-refractivity contribution in [2.45, 2.75) is 75.1 Å². The first-order chi connectivity index (χ1) is 19.1. The molecule has 4 amide bonds. The zero-order valence-electron chi connectivity index (χ0n) is 22.9. The number of hydrogen-bond donors (Lipinski definition) is 4. The van der Waals surface area contributed by atoms with Gasteiger partial charge in [-0.2, -0.15) is 11.8 Å². The van der Waals surface area contributed by atoms with Crippen molar-refractivity contribution in [2.75, 3.05) is 65.0 Å². The summed E-state index contributed by atoms with van der Waals surface area (Å²) in [5.74, 6) is 1.04. The quantitative estimate of drug-likeness (QED) is 0.0451. The number of amides is 4.